The van der Waals surface area contributed by atoms with Gasteiger partial charge in [0.15, 0.2) is 0 Å². The molecule has 1 aromatic carbocycles. The first-order valence-corrected chi connectivity index (χ1v) is 8.46. The minimum atomic E-state index is -3.69. The van der Waals surface area contributed by atoms with Gasteiger partial charge in [-0.1, -0.05) is 6.07 Å². The average Bonchev–Trinajstić information content (AvgIpc) is 2.89. The molecule has 1 unspecified atom stereocenters. The third-order valence-corrected chi connectivity index (χ3v) is 4.83. The summed E-state index contributed by atoms with van der Waals surface area (Å²) >= 11 is 0. The van der Waals surface area contributed by atoms with Crippen LogP contribution in [0.25, 0.3) is 0 Å². The lowest BCUT2D eigenvalue weighted by Gasteiger charge is -2.25. The van der Waals surface area contributed by atoms with Crippen molar-refractivity contribution in [2.24, 2.45) is 5.14 Å². The lowest BCUT2D eigenvalue weighted by molar-refractivity contribution is 0.461. The van der Waals surface area contributed by atoms with Crippen molar-refractivity contribution in [1.29, 1.82) is 0 Å². The van der Waals surface area contributed by atoms with Gasteiger partial charge in [0.2, 0.25) is 10.0 Å². The fourth-order valence-electron chi connectivity index (χ4n) is 2.76. The Bertz CT molecular complexity index is 765. The van der Waals surface area contributed by atoms with Gasteiger partial charge in [0.1, 0.15) is 5.76 Å². The molecule has 0 amide bonds. The van der Waals surface area contributed by atoms with Gasteiger partial charge in [-0.25, -0.2) is 13.6 Å². The standard InChI is InChI=1S/C15H18N2O3S/c1-10-5-6-11(21(16,18)19)9-14(10)17-13-3-2-4-15-12(13)7-8-20-15/h5-9,13,17H,2-4H2,1H3,(H2,16,18,19). The molecule has 1 aromatic heterocycles. The van der Waals surface area contributed by atoms with Crippen molar-refractivity contribution >= 4 is 15.7 Å². The Morgan fingerprint density at radius 2 is 2.14 bits per heavy atom. The number of benzene rings is 1. The molecule has 21 heavy (non-hydrogen) atoms. The molecule has 3 rings (SSSR count). The van der Waals surface area contributed by atoms with Crippen molar-refractivity contribution in [2.75, 3.05) is 5.32 Å². The molecule has 0 radical (unpaired) electrons. The zero-order chi connectivity index (χ0) is 15.0. The molecule has 1 atom stereocenters. The van der Waals surface area contributed by atoms with Crippen LogP contribution in [0, 0.1) is 6.92 Å². The second-order valence-electron chi connectivity index (χ2n) is 5.41. The summed E-state index contributed by atoms with van der Waals surface area (Å²) in [5.74, 6) is 1.01. The van der Waals surface area contributed by atoms with Gasteiger partial charge in [-0.3, -0.25) is 0 Å². The highest BCUT2D eigenvalue weighted by atomic mass is 32.2. The first kappa shape index (κ1) is 14.2. The molecular weight excluding hydrogens is 288 g/mol. The van der Waals surface area contributed by atoms with E-state index in [1.54, 1.807) is 18.4 Å². The van der Waals surface area contributed by atoms with Crippen LogP contribution in [0.5, 0.6) is 0 Å². The second kappa shape index (κ2) is 5.20. The van der Waals surface area contributed by atoms with Crippen LogP contribution in [0.3, 0.4) is 0 Å². The summed E-state index contributed by atoms with van der Waals surface area (Å²) in [7, 11) is -3.69. The van der Waals surface area contributed by atoms with E-state index in [1.807, 2.05) is 13.0 Å². The fraction of sp³-hybridized carbons (Fsp3) is 0.333. The van der Waals surface area contributed by atoms with Gasteiger partial charge in [-0.2, -0.15) is 0 Å². The number of hydrogen-bond acceptors (Lipinski definition) is 4. The van der Waals surface area contributed by atoms with Gasteiger partial charge in [0.25, 0.3) is 0 Å². The smallest absolute Gasteiger partial charge is 0.238 e. The Labute approximate surface area is 124 Å². The largest absolute Gasteiger partial charge is 0.469 e. The van der Waals surface area contributed by atoms with E-state index in [0.717, 1.165) is 41.8 Å². The number of anilines is 1. The van der Waals surface area contributed by atoms with E-state index in [1.165, 1.54) is 6.07 Å². The molecule has 0 aliphatic heterocycles. The van der Waals surface area contributed by atoms with Crippen LogP contribution in [0.1, 0.15) is 35.8 Å². The Hall–Kier alpha value is -1.79. The highest BCUT2D eigenvalue weighted by molar-refractivity contribution is 7.89. The van der Waals surface area contributed by atoms with Crippen molar-refractivity contribution < 1.29 is 12.8 Å². The summed E-state index contributed by atoms with van der Waals surface area (Å²) in [6.07, 6.45) is 4.70. The normalized spacial score (nSPS) is 18.3. The molecule has 2 aromatic rings. The Morgan fingerprint density at radius 1 is 1.33 bits per heavy atom. The monoisotopic (exact) mass is 306 g/mol. The number of sulfonamides is 1. The third kappa shape index (κ3) is 2.82. The van der Waals surface area contributed by atoms with Crippen molar-refractivity contribution in [3.63, 3.8) is 0 Å². The zero-order valence-electron chi connectivity index (χ0n) is 11.8. The minimum absolute atomic E-state index is 0.124. The zero-order valence-corrected chi connectivity index (χ0v) is 12.6. The lowest BCUT2D eigenvalue weighted by Crippen LogP contribution is -2.17. The number of nitrogens with two attached hydrogens (primary N) is 1. The molecule has 0 saturated heterocycles. The predicted molar refractivity (Wildman–Crippen MR) is 80.6 cm³/mol. The second-order valence-corrected chi connectivity index (χ2v) is 6.97. The van der Waals surface area contributed by atoms with Gasteiger partial charge in [-0.15, -0.1) is 0 Å². The van der Waals surface area contributed by atoms with Crippen LogP contribution in [0.15, 0.2) is 39.8 Å². The van der Waals surface area contributed by atoms with E-state index in [9.17, 15) is 8.42 Å². The number of furan rings is 1. The molecule has 1 heterocycles. The van der Waals surface area contributed by atoms with E-state index in [0.29, 0.717) is 0 Å². The third-order valence-electron chi connectivity index (χ3n) is 3.92. The molecular formula is C15H18N2O3S. The first-order chi connectivity index (χ1) is 9.95. The summed E-state index contributed by atoms with van der Waals surface area (Å²) in [6, 6.07) is 7.01. The van der Waals surface area contributed by atoms with Crippen molar-refractivity contribution in [1.82, 2.24) is 0 Å². The number of rotatable bonds is 3. The number of hydrogen-bond donors (Lipinski definition) is 2. The van der Waals surface area contributed by atoms with E-state index in [4.69, 9.17) is 9.56 Å². The number of nitrogens with one attached hydrogen (secondary N) is 1. The average molecular weight is 306 g/mol. The van der Waals surface area contributed by atoms with Crippen LogP contribution in [0.4, 0.5) is 5.69 Å². The molecule has 0 saturated carbocycles. The Morgan fingerprint density at radius 3 is 2.90 bits per heavy atom. The maximum absolute atomic E-state index is 11.5. The molecule has 6 heteroatoms. The quantitative estimate of drug-likeness (QED) is 0.913. The molecule has 0 spiro atoms. The van der Waals surface area contributed by atoms with Crippen LogP contribution in [-0.4, -0.2) is 8.42 Å². The molecule has 3 N–H and O–H groups in total. The Kier molecular flexibility index (Phi) is 3.51. The first-order valence-electron chi connectivity index (χ1n) is 6.91. The van der Waals surface area contributed by atoms with Crippen molar-refractivity contribution in [2.45, 2.75) is 37.1 Å². The summed E-state index contributed by atoms with van der Waals surface area (Å²) in [5, 5.41) is 8.62. The van der Waals surface area contributed by atoms with Gasteiger partial charge >= 0.3 is 0 Å². The van der Waals surface area contributed by atoms with E-state index in [2.05, 4.69) is 5.32 Å². The van der Waals surface area contributed by atoms with Crippen molar-refractivity contribution in [3.05, 3.63) is 47.4 Å². The van der Waals surface area contributed by atoms with Crippen LogP contribution in [0.2, 0.25) is 0 Å². The number of primary sulfonamides is 1. The van der Waals surface area contributed by atoms with Crippen LogP contribution in [-0.2, 0) is 16.4 Å². The summed E-state index contributed by atoms with van der Waals surface area (Å²) in [6.45, 7) is 1.94. The summed E-state index contributed by atoms with van der Waals surface area (Å²) in [4.78, 5) is 0.124. The SMILES string of the molecule is Cc1ccc(S(N)(=O)=O)cc1NC1CCCc2occc21. The van der Waals surface area contributed by atoms with Crippen molar-refractivity contribution in [3.8, 4) is 0 Å². The molecule has 1 aliphatic carbocycles. The topological polar surface area (TPSA) is 85.3 Å². The molecule has 1 aliphatic rings. The molecule has 0 fully saturated rings. The number of fused-ring (bicyclic) bond motifs is 1. The van der Waals surface area contributed by atoms with E-state index >= 15 is 0 Å². The van der Waals surface area contributed by atoms with Crippen LogP contribution < -0.4 is 10.5 Å². The van der Waals surface area contributed by atoms with Gasteiger partial charge in [-0.05, 0) is 43.5 Å². The highest BCUT2D eigenvalue weighted by Gasteiger charge is 2.23. The van der Waals surface area contributed by atoms with E-state index in [-0.39, 0.29) is 10.9 Å². The predicted octanol–water partition coefficient (Wildman–Crippen LogP) is 2.72. The minimum Gasteiger partial charge on any atom is -0.469 e. The Balaban J connectivity index is 1.93. The van der Waals surface area contributed by atoms with Gasteiger partial charge in [0, 0.05) is 17.7 Å². The maximum atomic E-state index is 11.5. The molecule has 0 bridgehead atoms. The number of aryl methyl sites for hydroxylation is 2. The maximum Gasteiger partial charge on any atom is 0.238 e. The summed E-state index contributed by atoms with van der Waals surface area (Å²) < 4.78 is 28.4. The molecule has 5 nitrogen and oxygen atoms in total. The molecule has 112 valence electrons. The fourth-order valence-corrected chi connectivity index (χ4v) is 3.30. The summed E-state index contributed by atoms with van der Waals surface area (Å²) in [5.41, 5.74) is 2.93. The highest BCUT2D eigenvalue weighted by Crippen LogP contribution is 2.34. The van der Waals surface area contributed by atoms with E-state index < -0.39 is 10.0 Å². The lowest BCUT2D eigenvalue weighted by atomic mass is 9.93. The van der Waals surface area contributed by atoms with Gasteiger partial charge < -0.3 is 9.73 Å². The van der Waals surface area contributed by atoms with Crippen LogP contribution >= 0.6 is 0 Å². The van der Waals surface area contributed by atoms with Gasteiger partial charge in [0.05, 0.1) is 17.2 Å².